The summed E-state index contributed by atoms with van der Waals surface area (Å²) >= 11 is 5.92. The normalized spacial score (nSPS) is 21.2. The molecule has 0 spiro atoms. The van der Waals surface area contributed by atoms with E-state index in [0.29, 0.717) is 16.8 Å². The molecule has 0 bridgehead atoms. The quantitative estimate of drug-likeness (QED) is 0.858. The van der Waals surface area contributed by atoms with Gasteiger partial charge in [0.2, 0.25) is 0 Å². The molecule has 4 heteroatoms. The molecule has 0 amide bonds. The van der Waals surface area contributed by atoms with Gasteiger partial charge in [-0.15, -0.1) is 0 Å². The SMILES string of the molecule is CCC1CNCCN1c1cc(Cl)ccc1F. The topological polar surface area (TPSA) is 15.3 Å². The average molecular weight is 243 g/mol. The molecule has 1 N–H and O–H groups in total. The maximum absolute atomic E-state index is 13.7. The first-order valence-electron chi connectivity index (χ1n) is 5.64. The van der Waals surface area contributed by atoms with E-state index >= 15 is 0 Å². The molecular formula is C12H16ClFN2. The number of halogens is 2. The summed E-state index contributed by atoms with van der Waals surface area (Å²) in [6.45, 7) is 4.74. The van der Waals surface area contributed by atoms with Gasteiger partial charge in [0.1, 0.15) is 5.82 Å². The van der Waals surface area contributed by atoms with Crippen molar-refractivity contribution in [1.29, 1.82) is 0 Å². The zero-order valence-corrected chi connectivity index (χ0v) is 10.1. The van der Waals surface area contributed by atoms with Crippen molar-refractivity contribution in [1.82, 2.24) is 5.32 Å². The zero-order chi connectivity index (χ0) is 11.5. The van der Waals surface area contributed by atoms with Crippen molar-refractivity contribution in [2.24, 2.45) is 0 Å². The first-order valence-corrected chi connectivity index (χ1v) is 6.02. The molecule has 1 fully saturated rings. The molecule has 1 aromatic carbocycles. The predicted octanol–water partition coefficient (Wildman–Crippen LogP) is 2.67. The Morgan fingerprint density at radius 3 is 3.12 bits per heavy atom. The molecule has 1 unspecified atom stereocenters. The van der Waals surface area contributed by atoms with Gasteiger partial charge in [0.25, 0.3) is 0 Å². The molecule has 88 valence electrons. The van der Waals surface area contributed by atoms with Crippen molar-refractivity contribution in [3.05, 3.63) is 29.0 Å². The maximum atomic E-state index is 13.7. The van der Waals surface area contributed by atoms with Gasteiger partial charge in [0.05, 0.1) is 5.69 Å². The molecule has 0 aromatic heterocycles. The van der Waals surface area contributed by atoms with Crippen molar-refractivity contribution < 1.29 is 4.39 Å². The highest BCUT2D eigenvalue weighted by Gasteiger charge is 2.23. The number of hydrogen-bond acceptors (Lipinski definition) is 2. The third-order valence-corrected chi connectivity index (χ3v) is 3.27. The molecular weight excluding hydrogens is 227 g/mol. The maximum Gasteiger partial charge on any atom is 0.146 e. The molecule has 1 aromatic rings. The minimum Gasteiger partial charge on any atom is -0.364 e. The van der Waals surface area contributed by atoms with Gasteiger partial charge in [-0.3, -0.25) is 0 Å². The number of benzene rings is 1. The Morgan fingerprint density at radius 1 is 1.56 bits per heavy atom. The van der Waals surface area contributed by atoms with Crippen LogP contribution < -0.4 is 10.2 Å². The number of hydrogen-bond donors (Lipinski definition) is 1. The van der Waals surface area contributed by atoms with E-state index in [2.05, 4.69) is 17.1 Å². The Balaban J connectivity index is 2.30. The van der Waals surface area contributed by atoms with Gasteiger partial charge in [-0.1, -0.05) is 18.5 Å². The molecule has 0 saturated carbocycles. The fourth-order valence-electron chi connectivity index (χ4n) is 2.15. The Kier molecular flexibility index (Phi) is 3.66. The van der Waals surface area contributed by atoms with Gasteiger partial charge in [-0.05, 0) is 24.6 Å². The molecule has 0 aliphatic carbocycles. The summed E-state index contributed by atoms with van der Waals surface area (Å²) in [6, 6.07) is 5.09. The fraction of sp³-hybridized carbons (Fsp3) is 0.500. The van der Waals surface area contributed by atoms with E-state index in [9.17, 15) is 4.39 Å². The van der Waals surface area contributed by atoms with Crippen LogP contribution in [0.3, 0.4) is 0 Å². The highest BCUT2D eigenvalue weighted by Crippen LogP contribution is 2.26. The van der Waals surface area contributed by atoms with Crippen molar-refractivity contribution in [3.8, 4) is 0 Å². The molecule has 1 aliphatic rings. The van der Waals surface area contributed by atoms with Crippen LogP contribution in [0.15, 0.2) is 18.2 Å². The summed E-state index contributed by atoms with van der Waals surface area (Å²) in [7, 11) is 0. The molecule has 1 heterocycles. The zero-order valence-electron chi connectivity index (χ0n) is 9.34. The van der Waals surface area contributed by atoms with E-state index < -0.39 is 0 Å². The predicted molar refractivity (Wildman–Crippen MR) is 65.7 cm³/mol. The van der Waals surface area contributed by atoms with Gasteiger partial charge in [0.15, 0.2) is 0 Å². The molecule has 2 rings (SSSR count). The van der Waals surface area contributed by atoms with Gasteiger partial charge in [0, 0.05) is 30.7 Å². The lowest BCUT2D eigenvalue weighted by molar-refractivity contribution is 0.459. The monoisotopic (exact) mass is 242 g/mol. The standard InChI is InChI=1S/C12H16ClFN2/c1-2-10-8-15-5-6-16(10)12-7-9(13)3-4-11(12)14/h3-4,7,10,15H,2,5-6,8H2,1H3. The van der Waals surface area contributed by atoms with Gasteiger partial charge >= 0.3 is 0 Å². The first-order chi connectivity index (χ1) is 7.72. The van der Waals surface area contributed by atoms with Gasteiger partial charge < -0.3 is 10.2 Å². The van der Waals surface area contributed by atoms with Crippen LogP contribution in [0.4, 0.5) is 10.1 Å². The number of rotatable bonds is 2. The minimum absolute atomic E-state index is 0.190. The number of nitrogens with one attached hydrogen (secondary N) is 1. The van der Waals surface area contributed by atoms with Crippen LogP contribution in [0.1, 0.15) is 13.3 Å². The summed E-state index contributed by atoms with van der Waals surface area (Å²) in [4.78, 5) is 2.11. The number of nitrogens with zero attached hydrogens (tertiary/aromatic N) is 1. The fourth-order valence-corrected chi connectivity index (χ4v) is 2.32. The molecule has 0 radical (unpaired) electrons. The number of anilines is 1. The van der Waals surface area contributed by atoms with Crippen molar-refractivity contribution in [2.45, 2.75) is 19.4 Å². The smallest absolute Gasteiger partial charge is 0.146 e. The van der Waals surface area contributed by atoms with Crippen molar-refractivity contribution >= 4 is 17.3 Å². The first kappa shape index (κ1) is 11.7. The summed E-state index contributed by atoms with van der Waals surface area (Å²) in [6.07, 6.45) is 0.999. The van der Waals surface area contributed by atoms with Crippen molar-refractivity contribution in [3.63, 3.8) is 0 Å². The summed E-state index contributed by atoms with van der Waals surface area (Å²) in [5.74, 6) is -0.190. The van der Waals surface area contributed by atoms with Crippen molar-refractivity contribution in [2.75, 3.05) is 24.5 Å². The second-order valence-electron chi connectivity index (χ2n) is 4.06. The van der Waals surface area contributed by atoms with Crippen LogP contribution in [0, 0.1) is 5.82 Å². The second-order valence-corrected chi connectivity index (χ2v) is 4.49. The molecule has 1 saturated heterocycles. The van der Waals surface area contributed by atoms with Crippen LogP contribution in [0.2, 0.25) is 5.02 Å². The van der Waals surface area contributed by atoms with E-state index in [1.807, 2.05) is 0 Å². The summed E-state index contributed by atoms with van der Waals surface area (Å²) < 4.78 is 13.7. The third-order valence-electron chi connectivity index (χ3n) is 3.04. The Morgan fingerprint density at radius 2 is 2.38 bits per heavy atom. The van der Waals surface area contributed by atoms with Crippen LogP contribution in [-0.4, -0.2) is 25.7 Å². The average Bonchev–Trinajstić information content (AvgIpc) is 2.32. The molecule has 1 atom stereocenters. The third kappa shape index (κ3) is 2.30. The van der Waals surface area contributed by atoms with Crippen LogP contribution >= 0.6 is 11.6 Å². The molecule has 2 nitrogen and oxygen atoms in total. The Hall–Kier alpha value is -0.800. The van der Waals surface area contributed by atoms with Crippen LogP contribution in [-0.2, 0) is 0 Å². The minimum atomic E-state index is -0.190. The highest BCUT2D eigenvalue weighted by molar-refractivity contribution is 6.30. The van der Waals surface area contributed by atoms with E-state index in [-0.39, 0.29) is 5.82 Å². The summed E-state index contributed by atoms with van der Waals surface area (Å²) in [5, 5.41) is 3.91. The molecule has 1 aliphatic heterocycles. The lowest BCUT2D eigenvalue weighted by Crippen LogP contribution is -2.51. The largest absolute Gasteiger partial charge is 0.364 e. The van der Waals surface area contributed by atoms with Gasteiger partial charge in [-0.2, -0.15) is 0 Å². The highest BCUT2D eigenvalue weighted by atomic mass is 35.5. The van der Waals surface area contributed by atoms with E-state index in [4.69, 9.17) is 11.6 Å². The number of piperazine rings is 1. The van der Waals surface area contributed by atoms with E-state index in [0.717, 1.165) is 26.1 Å². The Labute approximate surface area is 100 Å². The Bertz CT molecular complexity index is 370. The van der Waals surface area contributed by atoms with Crippen LogP contribution in [0.25, 0.3) is 0 Å². The second kappa shape index (κ2) is 5.02. The van der Waals surface area contributed by atoms with E-state index in [1.54, 1.807) is 12.1 Å². The summed E-state index contributed by atoms with van der Waals surface area (Å²) in [5.41, 5.74) is 0.626. The van der Waals surface area contributed by atoms with Gasteiger partial charge in [-0.25, -0.2) is 4.39 Å². The van der Waals surface area contributed by atoms with E-state index in [1.165, 1.54) is 6.07 Å². The lowest BCUT2D eigenvalue weighted by atomic mass is 10.1. The lowest BCUT2D eigenvalue weighted by Gasteiger charge is -2.37. The van der Waals surface area contributed by atoms with Crippen LogP contribution in [0.5, 0.6) is 0 Å². The molecule has 16 heavy (non-hydrogen) atoms.